The summed E-state index contributed by atoms with van der Waals surface area (Å²) in [5, 5.41) is 0. The Balaban J connectivity index is 1.90. The van der Waals surface area contributed by atoms with Crippen LogP contribution < -0.4 is 4.90 Å². The highest BCUT2D eigenvalue weighted by Gasteiger charge is 2.41. The summed E-state index contributed by atoms with van der Waals surface area (Å²) in [4.78, 5) is 38.7. The largest absolute Gasteiger partial charge is 0.338 e. The van der Waals surface area contributed by atoms with Gasteiger partial charge >= 0.3 is 6.03 Å². The maximum Gasteiger partial charge on any atom is 0.338 e. The van der Waals surface area contributed by atoms with Gasteiger partial charge in [0, 0.05) is 11.3 Å². The third kappa shape index (κ3) is 2.29. The first kappa shape index (κ1) is 13.1. The lowest BCUT2D eigenvalue weighted by Gasteiger charge is -2.15. The van der Waals surface area contributed by atoms with Gasteiger partial charge in [-0.3, -0.25) is 14.5 Å². The minimum Gasteiger partial charge on any atom is -0.284 e. The normalized spacial score (nSPS) is 14.7. The van der Waals surface area contributed by atoms with Crippen LogP contribution in [0.4, 0.5) is 10.5 Å². The molecule has 1 fully saturated rings. The standard InChI is InChI=1S/C16H12N2O3/c19-14-11-17(13-9-5-2-6-10-13)16(21)18(14)15(20)12-7-3-1-4-8-12/h1-10H,11H2. The number of carbonyl (C=O) groups is 3. The zero-order chi connectivity index (χ0) is 14.8. The summed E-state index contributed by atoms with van der Waals surface area (Å²) in [7, 11) is 0. The first-order valence-corrected chi connectivity index (χ1v) is 6.47. The molecular formula is C16H12N2O3. The minimum atomic E-state index is -0.611. The molecule has 2 aromatic rings. The van der Waals surface area contributed by atoms with Crippen molar-refractivity contribution in [2.24, 2.45) is 0 Å². The maximum atomic E-state index is 12.3. The van der Waals surface area contributed by atoms with Gasteiger partial charge in [0.2, 0.25) is 0 Å². The number of carbonyl (C=O) groups excluding carboxylic acids is 3. The van der Waals surface area contributed by atoms with Crippen molar-refractivity contribution in [3.63, 3.8) is 0 Å². The Kier molecular flexibility index (Phi) is 3.23. The molecule has 1 aliphatic heterocycles. The number of amides is 4. The van der Waals surface area contributed by atoms with Gasteiger partial charge in [0.1, 0.15) is 6.54 Å². The number of anilines is 1. The fourth-order valence-corrected chi connectivity index (χ4v) is 2.22. The smallest absolute Gasteiger partial charge is 0.284 e. The van der Waals surface area contributed by atoms with E-state index >= 15 is 0 Å². The fraction of sp³-hybridized carbons (Fsp3) is 0.0625. The Morgan fingerprint density at radius 3 is 2.05 bits per heavy atom. The SMILES string of the molecule is O=C1CN(c2ccccc2)C(=O)N1C(=O)c1ccccc1. The first-order valence-electron chi connectivity index (χ1n) is 6.47. The van der Waals surface area contributed by atoms with Crippen LogP contribution in [-0.2, 0) is 4.79 Å². The monoisotopic (exact) mass is 280 g/mol. The highest BCUT2D eigenvalue weighted by molar-refractivity contribution is 6.24. The van der Waals surface area contributed by atoms with Crippen LogP contribution in [0.2, 0.25) is 0 Å². The van der Waals surface area contributed by atoms with Crippen LogP contribution >= 0.6 is 0 Å². The minimum absolute atomic E-state index is 0.124. The maximum absolute atomic E-state index is 12.3. The Bertz CT molecular complexity index is 698. The van der Waals surface area contributed by atoms with Crippen molar-refractivity contribution in [3.05, 3.63) is 66.2 Å². The van der Waals surface area contributed by atoms with E-state index < -0.39 is 17.8 Å². The first-order chi connectivity index (χ1) is 10.2. The van der Waals surface area contributed by atoms with Crippen LogP contribution in [-0.4, -0.2) is 29.3 Å². The van der Waals surface area contributed by atoms with Crippen LogP contribution in [0.15, 0.2) is 60.7 Å². The molecule has 3 rings (SSSR count). The van der Waals surface area contributed by atoms with Crippen molar-refractivity contribution in [2.45, 2.75) is 0 Å². The van der Waals surface area contributed by atoms with Gasteiger partial charge in [0.25, 0.3) is 11.8 Å². The van der Waals surface area contributed by atoms with Crippen molar-refractivity contribution in [3.8, 4) is 0 Å². The lowest BCUT2D eigenvalue weighted by molar-refractivity contribution is -0.123. The molecule has 0 radical (unpaired) electrons. The third-order valence-corrected chi connectivity index (χ3v) is 3.26. The molecule has 0 bridgehead atoms. The van der Waals surface area contributed by atoms with Crippen molar-refractivity contribution in [1.82, 2.24) is 4.90 Å². The van der Waals surface area contributed by atoms with Crippen molar-refractivity contribution in [1.29, 1.82) is 0 Å². The lowest BCUT2D eigenvalue weighted by atomic mass is 10.2. The average molecular weight is 280 g/mol. The van der Waals surface area contributed by atoms with Gasteiger partial charge in [-0.25, -0.2) is 4.79 Å². The van der Waals surface area contributed by atoms with Crippen LogP contribution in [0.1, 0.15) is 10.4 Å². The fourth-order valence-electron chi connectivity index (χ4n) is 2.22. The molecule has 0 unspecified atom stereocenters. The van der Waals surface area contributed by atoms with Crippen LogP contribution in [0.25, 0.3) is 0 Å². The van der Waals surface area contributed by atoms with E-state index in [4.69, 9.17) is 0 Å². The number of para-hydroxylation sites is 1. The zero-order valence-electron chi connectivity index (χ0n) is 11.1. The summed E-state index contributed by atoms with van der Waals surface area (Å²) in [6.45, 7) is -0.124. The van der Waals surface area contributed by atoms with Crippen LogP contribution in [0.5, 0.6) is 0 Å². The van der Waals surface area contributed by atoms with E-state index in [0.29, 0.717) is 16.2 Å². The molecule has 0 aliphatic carbocycles. The zero-order valence-corrected chi connectivity index (χ0v) is 11.1. The molecule has 0 N–H and O–H groups in total. The molecule has 0 atom stereocenters. The second kappa shape index (κ2) is 5.20. The Labute approximate surface area is 121 Å². The van der Waals surface area contributed by atoms with E-state index in [9.17, 15) is 14.4 Å². The van der Waals surface area contributed by atoms with Crippen LogP contribution in [0, 0.1) is 0 Å². The molecule has 5 heteroatoms. The Morgan fingerprint density at radius 1 is 0.857 bits per heavy atom. The number of benzene rings is 2. The van der Waals surface area contributed by atoms with Gasteiger partial charge in [-0.1, -0.05) is 36.4 Å². The molecule has 0 aromatic heterocycles. The molecule has 0 spiro atoms. The van der Waals surface area contributed by atoms with Gasteiger partial charge in [-0.05, 0) is 24.3 Å². The molecule has 0 saturated carbocycles. The second-order valence-corrected chi connectivity index (χ2v) is 4.60. The molecule has 1 heterocycles. The van der Waals surface area contributed by atoms with Crippen molar-refractivity contribution < 1.29 is 14.4 Å². The number of rotatable bonds is 2. The topological polar surface area (TPSA) is 57.7 Å². The summed E-state index contributed by atoms with van der Waals surface area (Å²) in [6, 6.07) is 16.5. The molecule has 21 heavy (non-hydrogen) atoms. The number of imide groups is 3. The predicted octanol–water partition coefficient (Wildman–Crippen LogP) is 2.30. The molecule has 4 amide bonds. The molecule has 104 valence electrons. The van der Waals surface area contributed by atoms with Crippen molar-refractivity contribution in [2.75, 3.05) is 11.4 Å². The summed E-state index contributed by atoms with van der Waals surface area (Å²) < 4.78 is 0. The van der Waals surface area contributed by atoms with E-state index in [0.717, 1.165) is 0 Å². The summed E-state index contributed by atoms with van der Waals surface area (Å²) in [5.74, 6) is -1.11. The van der Waals surface area contributed by atoms with Crippen molar-refractivity contribution >= 4 is 23.5 Å². The van der Waals surface area contributed by atoms with Crippen LogP contribution in [0.3, 0.4) is 0 Å². The molecular weight excluding hydrogens is 268 g/mol. The van der Waals surface area contributed by atoms with Gasteiger partial charge < -0.3 is 0 Å². The highest BCUT2D eigenvalue weighted by atomic mass is 16.2. The Hall–Kier alpha value is -2.95. The lowest BCUT2D eigenvalue weighted by Crippen LogP contribution is -2.38. The number of urea groups is 1. The van der Waals surface area contributed by atoms with E-state index in [1.807, 2.05) is 6.07 Å². The summed E-state index contributed by atoms with van der Waals surface area (Å²) in [6.07, 6.45) is 0. The highest BCUT2D eigenvalue weighted by Crippen LogP contribution is 2.22. The second-order valence-electron chi connectivity index (χ2n) is 4.60. The molecule has 1 aliphatic rings. The van der Waals surface area contributed by atoms with E-state index in [1.54, 1.807) is 54.6 Å². The van der Waals surface area contributed by atoms with Gasteiger partial charge in [-0.15, -0.1) is 0 Å². The molecule has 5 nitrogen and oxygen atoms in total. The Morgan fingerprint density at radius 2 is 1.43 bits per heavy atom. The van der Waals surface area contributed by atoms with E-state index in [1.165, 1.54) is 4.90 Å². The third-order valence-electron chi connectivity index (χ3n) is 3.26. The van der Waals surface area contributed by atoms with Gasteiger partial charge in [0.05, 0.1) is 0 Å². The van der Waals surface area contributed by atoms with Gasteiger partial charge in [0.15, 0.2) is 0 Å². The summed E-state index contributed by atoms with van der Waals surface area (Å²) >= 11 is 0. The quantitative estimate of drug-likeness (QED) is 0.626. The molecule has 1 saturated heterocycles. The number of nitrogens with zero attached hydrogens (tertiary/aromatic N) is 2. The predicted molar refractivity (Wildman–Crippen MR) is 76.8 cm³/mol. The van der Waals surface area contributed by atoms with E-state index in [-0.39, 0.29) is 6.54 Å². The number of hydrogen-bond donors (Lipinski definition) is 0. The van der Waals surface area contributed by atoms with Gasteiger partial charge in [-0.2, -0.15) is 4.90 Å². The van der Waals surface area contributed by atoms with E-state index in [2.05, 4.69) is 0 Å². The average Bonchev–Trinajstić information content (AvgIpc) is 2.83. The summed E-state index contributed by atoms with van der Waals surface area (Å²) in [5.41, 5.74) is 0.910. The number of hydrogen-bond acceptors (Lipinski definition) is 3. The molecule has 2 aromatic carbocycles.